The number of rotatable bonds is 6. The second-order valence-electron chi connectivity index (χ2n) is 7.27. The van der Waals surface area contributed by atoms with Crippen molar-refractivity contribution in [1.82, 2.24) is 9.97 Å². The van der Waals surface area contributed by atoms with Crippen LogP contribution in [-0.4, -0.2) is 62.3 Å². The Morgan fingerprint density at radius 3 is 1.26 bits per heavy atom. The summed E-state index contributed by atoms with van der Waals surface area (Å²) < 4.78 is 19.2. The number of carbonyl (C=O) groups is 4. The first-order chi connectivity index (χ1) is 16.7. The number of methoxy groups -OCH3 is 4. The van der Waals surface area contributed by atoms with Crippen LogP contribution in [0.5, 0.6) is 0 Å². The van der Waals surface area contributed by atoms with Crippen molar-refractivity contribution in [2.24, 2.45) is 0 Å². The summed E-state index contributed by atoms with van der Waals surface area (Å²) in [4.78, 5) is 58.1. The van der Waals surface area contributed by atoms with E-state index in [-0.39, 0.29) is 27.9 Å². The van der Waals surface area contributed by atoms with Gasteiger partial charge in [-0.3, -0.25) is 4.98 Å². The number of esters is 4. The molecule has 0 aliphatic heterocycles. The summed E-state index contributed by atoms with van der Waals surface area (Å²) in [5.41, 5.74) is 2.22. The topological polar surface area (TPSA) is 131 Å². The van der Waals surface area contributed by atoms with E-state index >= 15 is 0 Å². The van der Waals surface area contributed by atoms with Crippen LogP contribution in [0.4, 0.5) is 0 Å². The molecule has 180 valence electrons. The van der Waals surface area contributed by atoms with E-state index in [2.05, 4.69) is 9.97 Å². The molecule has 0 saturated heterocycles. The van der Waals surface area contributed by atoms with Crippen LogP contribution < -0.4 is 0 Å². The highest BCUT2D eigenvalue weighted by Crippen LogP contribution is 2.32. The van der Waals surface area contributed by atoms with Crippen LogP contribution in [0.1, 0.15) is 47.1 Å². The standard InChI is InChI=1S/C25H22N2O8/c1-13-12-26-20(14-6-16(22(28)32-2)10-17(7-14)23(29)33-3)21(27-13)15-8-18(24(30)34-4)11-19(9-15)25(31)35-5/h6-12H,1-5H3. The maximum absolute atomic E-state index is 12.3. The van der Waals surface area contributed by atoms with Crippen molar-refractivity contribution >= 4 is 23.9 Å². The summed E-state index contributed by atoms with van der Waals surface area (Å²) >= 11 is 0. The molecule has 10 heteroatoms. The molecule has 1 heterocycles. The molecule has 35 heavy (non-hydrogen) atoms. The molecule has 3 rings (SSSR count). The Balaban J connectivity index is 2.33. The summed E-state index contributed by atoms with van der Waals surface area (Å²) in [6, 6.07) is 8.67. The van der Waals surface area contributed by atoms with Gasteiger partial charge in [0.1, 0.15) is 0 Å². The van der Waals surface area contributed by atoms with Crippen LogP contribution in [0, 0.1) is 6.92 Å². The highest BCUT2D eigenvalue weighted by Gasteiger charge is 2.21. The quantitative estimate of drug-likeness (QED) is 0.384. The van der Waals surface area contributed by atoms with Gasteiger partial charge in [-0.15, -0.1) is 0 Å². The first-order valence-corrected chi connectivity index (χ1v) is 10.2. The number of ether oxygens (including phenoxy) is 4. The fraction of sp³-hybridized carbons (Fsp3) is 0.200. The molecule has 3 aromatic rings. The number of nitrogens with zero attached hydrogens (tertiary/aromatic N) is 2. The molecule has 1 aromatic heterocycles. The monoisotopic (exact) mass is 478 g/mol. The molecule has 0 N–H and O–H groups in total. The minimum atomic E-state index is -0.667. The minimum absolute atomic E-state index is 0.0947. The number of aromatic nitrogens is 2. The van der Waals surface area contributed by atoms with Crippen molar-refractivity contribution in [1.29, 1.82) is 0 Å². The van der Waals surface area contributed by atoms with Crippen LogP contribution in [0.2, 0.25) is 0 Å². The lowest BCUT2D eigenvalue weighted by Gasteiger charge is -2.13. The summed E-state index contributed by atoms with van der Waals surface area (Å²) in [6.45, 7) is 1.72. The van der Waals surface area contributed by atoms with Crippen LogP contribution >= 0.6 is 0 Å². The summed E-state index contributed by atoms with van der Waals surface area (Å²) in [5, 5.41) is 0. The molecule has 0 saturated carbocycles. The summed E-state index contributed by atoms with van der Waals surface area (Å²) in [6.07, 6.45) is 1.51. The highest BCUT2D eigenvalue weighted by atomic mass is 16.5. The lowest BCUT2D eigenvalue weighted by atomic mass is 9.97. The molecule has 0 fully saturated rings. The average molecular weight is 478 g/mol. The SMILES string of the molecule is COC(=O)c1cc(C(=O)OC)cc(-c2ncc(C)nc2-c2cc(C(=O)OC)cc(C(=O)OC)c2)c1. The summed E-state index contributed by atoms with van der Waals surface area (Å²) in [5.74, 6) is -2.67. The van der Waals surface area contributed by atoms with Gasteiger partial charge >= 0.3 is 23.9 Å². The van der Waals surface area contributed by atoms with Crippen molar-refractivity contribution in [2.45, 2.75) is 6.92 Å². The van der Waals surface area contributed by atoms with Crippen molar-refractivity contribution < 1.29 is 38.1 Å². The first kappa shape index (κ1) is 25.0. The fourth-order valence-corrected chi connectivity index (χ4v) is 3.36. The molecule has 0 bridgehead atoms. The molecule has 0 spiro atoms. The largest absolute Gasteiger partial charge is 0.465 e. The van der Waals surface area contributed by atoms with E-state index in [1.54, 1.807) is 6.92 Å². The molecular formula is C25H22N2O8. The van der Waals surface area contributed by atoms with Crippen LogP contribution in [-0.2, 0) is 18.9 Å². The normalized spacial score (nSPS) is 10.3. The number of aryl methyl sites for hydroxylation is 1. The smallest absolute Gasteiger partial charge is 0.337 e. The van der Waals surface area contributed by atoms with E-state index in [0.29, 0.717) is 22.5 Å². The van der Waals surface area contributed by atoms with Gasteiger partial charge in [-0.05, 0) is 43.3 Å². The molecule has 0 amide bonds. The predicted molar refractivity (Wildman–Crippen MR) is 123 cm³/mol. The highest BCUT2D eigenvalue weighted by molar-refractivity contribution is 6.00. The Kier molecular flexibility index (Phi) is 7.55. The molecule has 0 aliphatic carbocycles. The van der Waals surface area contributed by atoms with Crippen LogP contribution in [0.3, 0.4) is 0 Å². The maximum Gasteiger partial charge on any atom is 0.337 e. The molecular weight excluding hydrogens is 456 g/mol. The van der Waals surface area contributed by atoms with E-state index in [0.717, 1.165) is 0 Å². The Hall–Kier alpha value is -4.60. The van der Waals surface area contributed by atoms with Crippen molar-refractivity contribution in [2.75, 3.05) is 28.4 Å². The lowest BCUT2D eigenvalue weighted by Crippen LogP contribution is -2.09. The van der Waals surface area contributed by atoms with Gasteiger partial charge in [0.2, 0.25) is 0 Å². The zero-order chi connectivity index (χ0) is 25.7. The number of carbonyl (C=O) groups excluding carboxylic acids is 4. The van der Waals surface area contributed by atoms with E-state index < -0.39 is 23.9 Å². The van der Waals surface area contributed by atoms with Gasteiger partial charge in [0.25, 0.3) is 0 Å². The predicted octanol–water partition coefficient (Wildman–Crippen LogP) is 3.27. The van der Waals surface area contributed by atoms with E-state index in [4.69, 9.17) is 18.9 Å². The fourth-order valence-electron chi connectivity index (χ4n) is 3.36. The van der Waals surface area contributed by atoms with E-state index in [9.17, 15) is 19.2 Å². The Morgan fingerprint density at radius 2 is 0.914 bits per heavy atom. The third-order valence-electron chi connectivity index (χ3n) is 4.99. The van der Waals surface area contributed by atoms with E-state index in [1.807, 2.05) is 0 Å². The minimum Gasteiger partial charge on any atom is -0.465 e. The van der Waals surface area contributed by atoms with Gasteiger partial charge in [-0.25, -0.2) is 24.2 Å². The second-order valence-corrected chi connectivity index (χ2v) is 7.27. The van der Waals surface area contributed by atoms with Gasteiger partial charge in [-0.2, -0.15) is 0 Å². The van der Waals surface area contributed by atoms with Gasteiger partial charge in [0, 0.05) is 17.3 Å². The first-order valence-electron chi connectivity index (χ1n) is 10.2. The Labute approximate surface area is 200 Å². The second kappa shape index (κ2) is 10.6. The molecule has 0 atom stereocenters. The zero-order valence-electron chi connectivity index (χ0n) is 19.7. The van der Waals surface area contributed by atoms with Gasteiger partial charge in [-0.1, -0.05) is 0 Å². The number of benzene rings is 2. The van der Waals surface area contributed by atoms with Gasteiger partial charge < -0.3 is 18.9 Å². The van der Waals surface area contributed by atoms with Crippen LogP contribution in [0.25, 0.3) is 22.5 Å². The Morgan fingerprint density at radius 1 is 0.571 bits per heavy atom. The number of hydrogen-bond donors (Lipinski definition) is 0. The molecule has 0 aliphatic rings. The average Bonchev–Trinajstić information content (AvgIpc) is 2.90. The van der Waals surface area contributed by atoms with Crippen LogP contribution in [0.15, 0.2) is 42.6 Å². The zero-order valence-corrected chi connectivity index (χ0v) is 19.7. The maximum atomic E-state index is 12.3. The number of hydrogen-bond acceptors (Lipinski definition) is 10. The van der Waals surface area contributed by atoms with Crippen molar-refractivity contribution in [3.8, 4) is 22.5 Å². The third kappa shape index (κ3) is 5.32. The lowest BCUT2D eigenvalue weighted by molar-refractivity contribution is 0.0581. The molecule has 2 aromatic carbocycles. The van der Waals surface area contributed by atoms with Gasteiger partial charge in [0.05, 0.1) is 67.8 Å². The van der Waals surface area contributed by atoms with Crippen molar-refractivity contribution in [3.63, 3.8) is 0 Å². The molecule has 10 nitrogen and oxygen atoms in total. The molecule has 0 radical (unpaired) electrons. The Bertz CT molecular complexity index is 1260. The van der Waals surface area contributed by atoms with Crippen molar-refractivity contribution in [3.05, 3.63) is 70.5 Å². The third-order valence-corrected chi connectivity index (χ3v) is 4.99. The van der Waals surface area contributed by atoms with E-state index in [1.165, 1.54) is 71.0 Å². The summed E-state index contributed by atoms with van der Waals surface area (Å²) in [7, 11) is 4.88. The van der Waals surface area contributed by atoms with Gasteiger partial charge in [0.15, 0.2) is 0 Å². The molecule has 0 unspecified atom stereocenters.